The van der Waals surface area contributed by atoms with E-state index in [0.717, 1.165) is 0 Å². The molecule has 0 saturated carbocycles. The highest BCUT2D eigenvalue weighted by Crippen LogP contribution is 2.32. The van der Waals surface area contributed by atoms with Crippen LogP contribution in [0.15, 0.2) is 24.3 Å². The number of alkyl halides is 3. The van der Waals surface area contributed by atoms with E-state index in [1.165, 1.54) is 31.3 Å². The molecule has 2 rings (SSSR count). The Labute approximate surface area is 127 Å². The Bertz CT molecular complexity index is 665. The molecule has 112 valence electrons. The summed E-state index contributed by atoms with van der Waals surface area (Å²) >= 11 is 11.5. The standard InChI is InChI=1S/C12H8Cl2F3N3O/c1-18-9-5-10(20-11(19-9)12(15,16)17)21-6-2-3-7(13)8(14)4-6/h2-5H,1H3,(H,18,19,20). The second-order valence-electron chi connectivity index (χ2n) is 3.84. The summed E-state index contributed by atoms with van der Waals surface area (Å²) in [6.07, 6.45) is -4.68. The quantitative estimate of drug-likeness (QED) is 0.886. The highest BCUT2D eigenvalue weighted by Gasteiger charge is 2.35. The van der Waals surface area contributed by atoms with E-state index in [1.54, 1.807) is 0 Å². The Morgan fingerprint density at radius 1 is 1.10 bits per heavy atom. The smallest absolute Gasteiger partial charge is 0.439 e. The second-order valence-corrected chi connectivity index (χ2v) is 4.66. The molecule has 2 aromatic rings. The van der Waals surface area contributed by atoms with Crippen molar-refractivity contribution in [2.24, 2.45) is 0 Å². The number of hydrogen-bond donors (Lipinski definition) is 1. The fourth-order valence-corrected chi connectivity index (χ4v) is 1.68. The van der Waals surface area contributed by atoms with Gasteiger partial charge in [-0.05, 0) is 12.1 Å². The van der Waals surface area contributed by atoms with Crippen molar-refractivity contribution in [3.8, 4) is 11.6 Å². The molecule has 0 saturated heterocycles. The highest BCUT2D eigenvalue weighted by atomic mass is 35.5. The van der Waals surface area contributed by atoms with E-state index in [9.17, 15) is 13.2 Å². The fraction of sp³-hybridized carbons (Fsp3) is 0.167. The van der Waals surface area contributed by atoms with Crippen LogP contribution < -0.4 is 10.1 Å². The number of hydrogen-bond acceptors (Lipinski definition) is 4. The first-order valence-corrected chi connectivity index (χ1v) is 6.32. The van der Waals surface area contributed by atoms with Gasteiger partial charge in [-0.25, -0.2) is 4.98 Å². The molecule has 21 heavy (non-hydrogen) atoms. The summed E-state index contributed by atoms with van der Waals surface area (Å²) in [7, 11) is 1.44. The van der Waals surface area contributed by atoms with Crippen LogP contribution in [-0.2, 0) is 6.18 Å². The minimum atomic E-state index is -4.68. The number of nitrogens with zero attached hydrogens (tertiary/aromatic N) is 2. The summed E-state index contributed by atoms with van der Waals surface area (Å²) in [5.74, 6) is -1.38. The number of nitrogens with one attached hydrogen (secondary N) is 1. The maximum Gasteiger partial charge on any atom is 0.451 e. The van der Waals surface area contributed by atoms with Gasteiger partial charge < -0.3 is 10.1 Å². The summed E-state index contributed by atoms with van der Waals surface area (Å²) in [5.41, 5.74) is 0. The maximum absolute atomic E-state index is 12.7. The second kappa shape index (κ2) is 5.95. The summed E-state index contributed by atoms with van der Waals surface area (Å²) < 4.78 is 43.3. The molecule has 1 heterocycles. The molecule has 4 nitrogen and oxygen atoms in total. The molecule has 0 radical (unpaired) electrons. The molecule has 0 aliphatic rings. The van der Waals surface area contributed by atoms with Gasteiger partial charge in [0.05, 0.1) is 10.0 Å². The number of benzene rings is 1. The van der Waals surface area contributed by atoms with E-state index in [4.69, 9.17) is 27.9 Å². The average molecular weight is 338 g/mol. The third-order valence-corrected chi connectivity index (χ3v) is 3.06. The number of anilines is 1. The van der Waals surface area contributed by atoms with Crippen LogP contribution in [0, 0.1) is 0 Å². The lowest BCUT2D eigenvalue weighted by Gasteiger charge is -2.11. The molecule has 9 heteroatoms. The van der Waals surface area contributed by atoms with Crippen LogP contribution in [-0.4, -0.2) is 17.0 Å². The van der Waals surface area contributed by atoms with Gasteiger partial charge in [0.25, 0.3) is 0 Å². The zero-order chi connectivity index (χ0) is 15.6. The lowest BCUT2D eigenvalue weighted by molar-refractivity contribution is -0.145. The van der Waals surface area contributed by atoms with Crippen molar-refractivity contribution >= 4 is 29.0 Å². The van der Waals surface area contributed by atoms with Gasteiger partial charge in [0.1, 0.15) is 11.6 Å². The molecule has 0 amide bonds. The molecule has 0 aliphatic heterocycles. The molecule has 0 atom stereocenters. The van der Waals surface area contributed by atoms with E-state index in [0.29, 0.717) is 5.02 Å². The van der Waals surface area contributed by atoms with Gasteiger partial charge in [-0.15, -0.1) is 0 Å². The first kappa shape index (κ1) is 15.7. The minimum absolute atomic E-state index is 0.0209. The van der Waals surface area contributed by atoms with Gasteiger partial charge in [0, 0.05) is 19.2 Å². The lowest BCUT2D eigenvalue weighted by atomic mass is 10.3. The number of rotatable bonds is 3. The van der Waals surface area contributed by atoms with Gasteiger partial charge in [-0.2, -0.15) is 18.2 Å². The van der Waals surface area contributed by atoms with Crippen LogP contribution in [0.3, 0.4) is 0 Å². The minimum Gasteiger partial charge on any atom is -0.439 e. The Morgan fingerprint density at radius 2 is 1.81 bits per heavy atom. The van der Waals surface area contributed by atoms with Crippen LogP contribution >= 0.6 is 23.2 Å². The first-order chi connectivity index (χ1) is 9.79. The van der Waals surface area contributed by atoms with Gasteiger partial charge in [0.2, 0.25) is 11.7 Å². The molecular weight excluding hydrogens is 330 g/mol. The zero-order valence-electron chi connectivity index (χ0n) is 10.5. The Kier molecular flexibility index (Phi) is 4.43. The van der Waals surface area contributed by atoms with Crippen molar-refractivity contribution in [3.63, 3.8) is 0 Å². The largest absolute Gasteiger partial charge is 0.451 e. The normalized spacial score (nSPS) is 11.3. The highest BCUT2D eigenvalue weighted by molar-refractivity contribution is 6.42. The number of halogens is 5. The van der Waals surface area contributed by atoms with E-state index in [1.807, 2.05) is 0 Å². The number of aromatic nitrogens is 2. The van der Waals surface area contributed by atoms with Crippen molar-refractivity contribution in [1.29, 1.82) is 0 Å². The Morgan fingerprint density at radius 3 is 2.38 bits per heavy atom. The van der Waals surface area contributed by atoms with Gasteiger partial charge in [-0.3, -0.25) is 0 Å². The van der Waals surface area contributed by atoms with Crippen LogP contribution in [0.1, 0.15) is 5.82 Å². The predicted octanol–water partition coefficient (Wildman–Crippen LogP) is 4.64. The van der Waals surface area contributed by atoms with Crippen LogP contribution in [0.25, 0.3) is 0 Å². The SMILES string of the molecule is CNc1cc(Oc2ccc(Cl)c(Cl)c2)nc(C(F)(F)F)n1. The van der Waals surface area contributed by atoms with Crippen molar-refractivity contribution in [1.82, 2.24) is 9.97 Å². The summed E-state index contributed by atoms with van der Waals surface area (Å²) in [6.45, 7) is 0. The Hall–Kier alpha value is -1.73. The summed E-state index contributed by atoms with van der Waals surface area (Å²) in [4.78, 5) is 6.65. The molecule has 0 spiro atoms. The van der Waals surface area contributed by atoms with Crippen molar-refractivity contribution in [2.45, 2.75) is 6.18 Å². The van der Waals surface area contributed by atoms with E-state index in [-0.39, 0.29) is 22.5 Å². The van der Waals surface area contributed by atoms with Gasteiger partial charge >= 0.3 is 6.18 Å². The topological polar surface area (TPSA) is 47.0 Å². The van der Waals surface area contributed by atoms with Crippen molar-refractivity contribution in [3.05, 3.63) is 40.1 Å². The Balaban J connectivity index is 2.36. The van der Waals surface area contributed by atoms with Crippen molar-refractivity contribution in [2.75, 3.05) is 12.4 Å². The van der Waals surface area contributed by atoms with E-state index < -0.39 is 12.0 Å². The molecule has 1 aromatic carbocycles. The molecule has 0 aliphatic carbocycles. The lowest BCUT2D eigenvalue weighted by Crippen LogP contribution is -2.12. The van der Waals surface area contributed by atoms with E-state index in [2.05, 4.69) is 15.3 Å². The predicted molar refractivity (Wildman–Crippen MR) is 73.1 cm³/mol. The molecule has 0 fully saturated rings. The average Bonchev–Trinajstić information content (AvgIpc) is 2.41. The molecular formula is C12H8Cl2F3N3O. The number of ether oxygens (including phenoxy) is 1. The molecule has 1 aromatic heterocycles. The van der Waals surface area contributed by atoms with E-state index >= 15 is 0 Å². The van der Waals surface area contributed by atoms with Crippen LogP contribution in [0.4, 0.5) is 19.0 Å². The van der Waals surface area contributed by atoms with Crippen LogP contribution in [0.5, 0.6) is 11.6 Å². The third kappa shape index (κ3) is 3.89. The van der Waals surface area contributed by atoms with Gasteiger partial charge in [0.15, 0.2) is 0 Å². The van der Waals surface area contributed by atoms with Crippen LogP contribution in [0.2, 0.25) is 10.0 Å². The summed E-state index contributed by atoms with van der Waals surface area (Å²) in [5, 5.41) is 3.03. The zero-order valence-corrected chi connectivity index (χ0v) is 12.0. The van der Waals surface area contributed by atoms with Gasteiger partial charge in [-0.1, -0.05) is 23.2 Å². The first-order valence-electron chi connectivity index (χ1n) is 5.56. The third-order valence-electron chi connectivity index (χ3n) is 2.33. The molecule has 0 bridgehead atoms. The molecule has 0 unspecified atom stereocenters. The monoisotopic (exact) mass is 337 g/mol. The summed E-state index contributed by atoms with van der Waals surface area (Å²) in [6, 6.07) is 5.53. The molecule has 1 N–H and O–H groups in total. The maximum atomic E-state index is 12.7. The van der Waals surface area contributed by atoms with Crippen molar-refractivity contribution < 1.29 is 17.9 Å². The fourth-order valence-electron chi connectivity index (χ4n) is 1.39.